The number of rotatable bonds is 5. The van der Waals surface area contributed by atoms with Gasteiger partial charge in [-0.3, -0.25) is 0 Å². The second-order valence-electron chi connectivity index (χ2n) is 3.22. The van der Waals surface area contributed by atoms with Crippen LogP contribution < -0.4 is 4.90 Å². The van der Waals surface area contributed by atoms with Gasteiger partial charge in [0.2, 0.25) is 0 Å². The summed E-state index contributed by atoms with van der Waals surface area (Å²) < 4.78 is 0. The zero-order chi connectivity index (χ0) is 10.4. The number of hydrogen-bond acceptors (Lipinski definition) is 3. The van der Waals surface area contributed by atoms with Crippen LogP contribution in [-0.4, -0.2) is 23.2 Å². The fraction of sp³-hybridized carbons (Fsp3) is 0.545. The summed E-state index contributed by atoms with van der Waals surface area (Å²) in [6, 6.07) is 3.77. The van der Waals surface area contributed by atoms with Crippen LogP contribution in [0, 0.1) is 0 Å². The average Bonchev–Trinajstić information content (AvgIpc) is 2.26. The quantitative estimate of drug-likeness (QED) is 0.776. The summed E-state index contributed by atoms with van der Waals surface area (Å²) in [5.41, 5.74) is 0.905. The standard InChI is InChI=1S/C11H18N2O/c1-3-8-13(4-2)11-10(9-14)6-5-7-12-11/h5-7,14H,3-4,8-9H2,1-2H3. The van der Waals surface area contributed by atoms with Gasteiger partial charge in [-0.2, -0.15) is 0 Å². The van der Waals surface area contributed by atoms with Crippen molar-refractivity contribution in [3.8, 4) is 0 Å². The molecule has 1 heterocycles. The van der Waals surface area contributed by atoms with E-state index in [1.54, 1.807) is 6.20 Å². The molecule has 0 bridgehead atoms. The second kappa shape index (κ2) is 5.60. The Balaban J connectivity index is 2.90. The first-order valence-corrected chi connectivity index (χ1v) is 5.13. The number of nitrogens with zero attached hydrogens (tertiary/aromatic N) is 2. The molecule has 78 valence electrons. The maximum absolute atomic E-state index is 9.16. The van der Waals surface area contributed by atoms with Crippen LogP contribution in [0.3, 0.4) is 0 Å². The van der Waals surface area contributed by atoms with Crippen molar-refractivity contribution >= 4 is 5.82 Å². The van der Waals surface area contributed by atoms with Gasteiger partial charge in [0, 0.05) is 24.8 Å². The first-order valence-electron chi connectivity index (χ1n) is 5.13. The number of pyridine rings is 1. The highest BCUT2D eigenvalue weighted by molar-refractivity contribution is 5.46. The van der Waals surface area contributed by atoms with Gasteiger partial charge in [-0.05, 0) is 19.4 Å². The molecule has 0 aliphatic carbocycles. The zero-order valence-electron chi connectivity index (χ0n) is 8.90. The largest absolute Gasteiger partial charge is 0.392 e. The molecule has 0 saturated heterocycles. The molecule has 0 spiro atoms. The van der Waals surface area contributed by atoms with Gasteiger partial charge in [-0.25, -0.2) is 4.98 Å². The molecule has 0 atom stereocenters. The highest BCUT2D eigenvalue weighted by atomic mass is 16.3. The molecule has 0 amide bonds. The Hall–Kier alpha value is -1.09. The minimum absolute atomic E-state index is 0.0589. The van der Waals surface area contributed by atoms with E-state index in [0.29, 0.717) is 0 Å². The summed E-state index contributed by atoms with van der Waals surface area (Å²) in [7, 11) is 0. The third-order valence-electron chi connectivity index (χ3n) is 2.21. The fourth-order valence-electron chi connectivity index (χ4n) is 1.52. The predicted molar refractivity (Wildman–Crippen MR) is 58.3 cm³/mol. The van der Waals surface area contributed by atoms with Crippen LogP contribution >= 0.6 is 0 Å². The predicted octanol–water partition coefficient (Wildman–Crippen LogP) is 1.81. The number of aliphatic hydroxyl groups is 1. The van der Waals surface area contributed by atoms with Gasteiger partial charge < -0.3 is 10.0 Å². The van der Waals surface area contributed by atoms with Crippen molar-refractivity contribution < 1.29 is 5.11 Å². The maximum Gasteiger partial charge on any atom is 0.134 e. The van der Waals surface area contributed by atoms with E-state index in [2.05, 4.69) is 23.7 Å². The molecule has 0 unspecified atom stereocenters. The van der Waals surface area contributed by atoms with Crippen LogP contribution in [0.15, 0.2) is 18.3 Å². The number of aliphatic hydroxyl groups excluding tert-OH is 1. The molecule has 0 saturated carbocycles. The van der Waals surface area contributed by atoms with E-state index in [4.69, 9.17) is 5.11 Å². The molecule has 0 fully saturated rings. The molecule has 3 heteroatoms. The summed E-state index contributed by atoms with van der Waals surface area (Å²) in [6.45, 7) is 6.22. The monoisotopic (exact) mass is 194 g/mol. The molecule has 1 aromatic heterocycles. The van der Waals surface area contributed by atoms with E-state index in [0.717, 1.165) is 30.9 Å². The van der Waals surface area contributed by atoms with Gasteiger partial charge in [0.15, 0.2) is 0 Å². The van der Waals surface area contributed by atoms with Crippen molar-refractivity contribution in [3.05, 3.63) is 23.9 Å². The highest BCUT2D eigenvalue weighted by Gasteiger charge is 2.08. The minimum atomic E-state index is 0.0589. The molecule has 0 aliphatic rings. The van der Waals surface area contributed by atoms with Gasteiger partial charge in [0.05, 0.1) is 6.61 Å². The molecule has 3 nitrogen and oxygen atoms in total. The molecule has 1 rings (SSSR count). The Morgan fingerprint density at radius 2 is 2.21 bits per heavy atom. The third kappa shape index (κ3) is 2.45. The molecule has 0 aromatic carbocycles. The summed E-state index contributed by atoms with van der Waals surface area (Å²) in [5, 5.41) is 9.16. The lowest BCUT2D eigenvalue weighted by atomic mass is 10.2. The van der Waals surface area contributed by atoms with E-state index in [9.17, 15) is 0 Å². The Labute approximate surface area is 85.4 Å². The van der Waals surface area contributed by atoms with Gasteiger partial charge in [-0.1, -0.05) is 13.0 Å². The molecule has 1 N–H and O–H groups in total. The fourth-order valence-corrected chi connectivity index (χ4v) is 1.52. The van der Waals surface area contributed by atoms with Crippen LogP contribution in [0.25, 0.3) is 0 Å². The molecular weight excluding hydrogens is 176 g/mol. The first-order chi connectivity index (χ1) is 6.83. The van der Waals surface area contributed by atoms with Crippen molar-refractivity contribution in [3.63, 3.8) is 0 Å². The average molecular weight is 194 g/mol. The van der Waals surface area contributed by atoms with Gasteiger partial charge in [0.25, 0.3) is 0 Å². The van der Waals surface area contributed by atoms with Crippen LogP contribution in [0.1, 0.15) is 25.8 Å². The highest BCUT2D eigenvalue weighted by Crippen LogP contribution is 2.16. The Kier molecular flexibility index (Phi) is 4.40. The van der Waals surface area contributed by atoms with E-state index in [1.165, 1.54) is 0 Å². The zero-order valence-corrected chi connectivity index (χ0v) is 8.90. The van der Waals surface area contributed by atoms with Gasteiger partial charge >= 0.3 is 0 Å². The molecule has 0 aliphatic heterocycles. The van der Waals surface area contributed by atoms with E-state index in [1.807, 2.05) is 12.1 Å². The van der Waals surface area contributed by atoms with E-state index < -0.39 is 0 Å². The molecule has 1 aromatic rings. The van der Waals surface area contributed by atoms with Crippen LogP contribution in [0.2, 0.25) is 0 Å². The van der Waals surface area contributed by atoms with E-state index in [-0.39, 0.29) is 6.61 Å². The second-order valence-corrected chi connectivity index (χ2v) is 3.22. The van der Waals surface area contributed by atoms with E-state index >= 15 is 0 Å². The number of hydrogen-bond donors (Lipinski definition) is 1. The summed E-state index contributed by atoms with van der Waals surface area (Å²) in [4.78, 5) is 6.49. The molecular formula is C11H18N2O. The smallest absolute Gasteiger partial charge is 0.134 e. The van der Waals surface area contributed by atoms with Gasteiger partial charge in [-0.15, -0.1) is 0 Å². The Morgan fingerprint density at radius 1 is 1.43 bits per heavy atom. The van der Waals surface area contributed by atoms with Gasteiger partial charge in [0.1, 0.15) is 5.82 Å². The van der Waals surface area contributed by atoms with Crippen molar-refractivity contribution in [2.45, 2.75) is 26.9 Å². The van der Waals surface area contributed by atoms with Crippen molar-refractivity contribution in [1.82, 2.24) is 4.98 Å². The Bertz CT molecular complexity index is 276. The number of aromatic nitrogens is 1. The van der Waals surface area contributed by atoms with Crippen molar-refractivity contribution in [1.29, 1.82) is 0 Å². The first kappa shape index (κ1) is 11.0. The van der Waals surface area contributed by atoms with Crippen LogP contribution in [0.4, 0.5) is 5.82 Å². The normalized spacial score (nSPS) is 10.2. The summed E-state index contributed by atoms with van der Waals surface area (Å²) in [6.07, 6.45) is 2.86. The lowest BCUT2D eigenvalue weighted by Gasteiger charge is -2.23. The third-order valence-corrected chi connectivity index (χ3v) is 2.21. The van der Waals surface area contributed by atoms with Crippen LogP contribution in [0.5, 0.6) is 0 Å². The Morgan fingerprint density at radius 3 is 2.79 bits per heavy atom. The minimum Gasteiger partial charge on any atom is -0.392 e. The lowest BCUT2D eigenvalue weighted by Crippen LogP contribution is -2.25. The lowest BCUT2D eigenvalue weighted by molar-refractivity contribution is 0.281. The molecule has 14 heavy (non-hydrogen) atoms. The van der Waals surface area contributed by atoms with Crippen molar-refractivity contribution in [2.24, 2.45) is 0 Å². The van der Waals surface area contributed by atoms with Crippen LogP contribution in [-0.2, 0) is 6.61 Å². The topological polar surface area (TPSA) is 36.4 Å². The summed E-state index contributed by atoms with van der Waals surface area (Å²) in [5.74, 6) is 0.916. The maximum atomic E-state index is 9.16. The number of anilines is 1. The van der Waals surface area contributed by atoms with Crippen molar-refractivity contribution in [2.75, 3.05) is 18.0 Å². The summed E-state index contributed by atoms with van der Waals surface area (Å²) >= 11 is 0. The molecule has 0 radical (unpaired) electrons. The SMILES string of the molecule is CCCN(CC)c1ncccc1CO.